The molecule has 34 heavy (non-hydrogen) atoms. The fraction of sp³-hybridized carbons (Fsp3) is 0.440. The van der Waals surface area contributed by atoms with E-state index in [1.165, 1.54) is 0 Å². The first kappa shape index (κ1) is 25.3. The van der Waals surface area contributed by atoms with Crippen molar-refractivity contribution in [1.82, 2.24) is 10.2 Å². The zero-order valence-electron chi connectivity index (χ0n) is 20.4. The van der Waals surface area contributed by atoms with E-state index in [4.69, 9.17) is 14.2 Å². The Hall–Kier alpha value is -3.30. The van der Waals surface area contributed by atoms with Crippen LogP contribution in [-0.4, -0.2) is 69.9 Å². The summed E-state index contributed by atoms with van der Waals surface area (Å²) in [6.07, 6.45) is -0.117. The molecule has 0 aromatic heterocycles. The van der Waals surface area contributed by atoms with Gasteiger partial charge in [-0.3, -0.25) is 4.79 Å². The van der Waals surface area contributed by atoms with E-state index in [1.54, 1.807) is 68.6 Å². The number of carbonyl (C=O) groups excluding carboxylic acids is 2. The molecule has 1 aliphatic heterocycles. The van der Waals surface area contributed by atoms with Gasteiger partial charge in [0.05, 0.1) is 18.8 Å². The fourth-order valence-electron chi connectivity index (χ4n) is 3.71. The van der Waals surface area contributed by atoms with Crippen molar-refractivity contribution >= 4 is 23.3 Å². The predicted molar refractivity (Wildman–Crippen MR) is 132 cm³/mol. The van der Waals surface area contributed by atoms with Crippen LogP contribution in [0.1, 0.15) is 24.2 Å². The lowest BCUT2D eigenvalue weighted by molar-refractivity contribution is 0.0281. The van der Waals surface area contributed by atoms with Gasteiger partial charge in [0, 0.05) is 44.7 Å². The Labute approximate surface area is 200 Å². The summed E-state index contributed by atoms with van der Waals surface area (Å²) in [6, 6.07) is 11.7. The Kier molecular flexibility index (Phi) is 8.72. The SMILES string of the molecule is COc1ccc(NC(=O)Nc2ccc3c(c2)C(=O)N(C)C[C@@H](OC)[C@@H](C)CN[C@@H](C)CO3)cc1. The molecule has 3 N–H and O–H groups in total. The van der Waals surface area contributed by atoms with E-state index in [0.717, 1.165) is 6.54 Å². The number of rotatable bonds is 4. The van der Waals surface area contributed by atoms with Gasteiger partial charge in [0.25, 0.3) is 5.91 Å². The van der Waals surface area contributed by atoms with E-state index in [-0.39, 0.29) is 24.0 Å². The van der Waals surface area contributed by atoms with Gasteiger partial charge in [0.15, 0.2) is 0 Å². The highest BCUT2D eigenvalue weighted by molar-refractivity contribution is 6.02. The van der Waals surface area contributed by atoms with Crippen molar-refractivity contribution in [3.05, 3.63) is 48.0 Å². The maximum atomic E-state index is 13.3. The third-order valence-corrected chi connectivity index (χ3v) is 5.83. The van der Waals surface area contributed by atoms with E-state index in [2.05, 4.69) is 22.9 Å². The van der Waals surface area contributed by atoms with Gasteiger partial charge in [-0.15, -0.1) is 0 Å². The van der Waals surface area contributed by atoms with Crippen molar-refractivity contribution in [2.75, 3.05) is 51.6 Å². The molecule has 0 bridgehead atoms. The van der Waals surface area contributed by atoms with Gasteiger partial charge >= 0.3 is 6.03 Å². The molecule has 2 aromatic carbocycles. The molecule has 0 fully saturated rings. The number of amides is 3. The first-order valence-electron chi connectivity index (χ1n) is 11.3. The number of fused-ring (bicyclic) bond motifs is 1. The summed E-state index contributed by atoms with van der Waals surface area (Å²) in [5.41, 5.74) is 1.47. The first-order valence-corrected chi connectivity index (χ1v) is 11.3. The van der Waals surface area contributed by atoms with Crippen LogP contribution in [0.2, 0.25) is 0 Å². The molecule has 3 amide bonds. The van der Waals surface area contributed by atoms with Gasteiger partial charge in [0.1, 0.15) is 18.1 Å². The second kappa shape index (κ2) is 11.7. The van der Waals surface area contributed by atoms with Crippen LogP contribution in [0.15, 0.2) is 42.5 Å². The number of methoxy groups -OCH3 is 2. The maximum Gasteiger partial charge on any atom is 0.323 e. The molecule has 0 aliphatic carbocycles. The average molecular weight is 471 g/mol. The number of hydrogen-bond donors (Lipinski definition) is 3. The summed E-state index contributed by atoms with van der Waals surface area (Å²) in [4.78, 5) is 27.5. The summed E-state index contributed by atoms with van der Waals surface area (Å²) in [6.45, 7) is 5.72. The normalized spacial score (nSPS) is 21.4. The van der Waals surface area contributed by atoms with Gasteiger partial charge in [-0.05, 0) is 55.3 Å². The van der Waals surface area contributed by atoms with Crippen LogP contribution in [0.4, 0.5) is 16.2 Å². The molecule has 9 nitrogen and oxygen atoms in total. The third-order valence-electron chi connectivity index (χ3n) is 5.83. The largest absolute Gasteiger partial charge is 0.497 e. The van der Waals surface area contributed by atoms with Crippen molar-refractivity contribution in [1.29, 1.82) is 0 Å². The van der Waals surface area contributed by atoms with Gasteiger partial charge < -0.3 is 35.1 Å². The number of urea groups is 1. The van der Waals surface area contributed by atoms with Gasteiger partial charge in [-0.1, -0.05) is 6.92 Å². The Morgan fingerprint density at radius 3 is 2.44 bits per heavy atom. The maximum absolute atomic E-state index is 13.3. The van der Waals surface area contributed by atoms with Crippen LogP contribution in [-0.2, 0) is 4.74 Å². The van der Waals surface area contributed by atoms with Crippen LogP contribution < -0.4 is 25.4 Å². The average Bonchev–Trinajstić information content (AvgIpc) is 2.84. The lowest BCUT2D eigenvalue weighted by Crippen LogP contribution is -2.44. The smallest absolute Gasteiger partial charge is 0.323 e. The lowest BCUT2D eigenvalue weighted by atomic mass is 10.0. The number of nitrogens with zero attached hydrogens (tertiary/aromatic N) is 1. The molecule has 1 heterocycles. The first-order chi connectivity index (χ1) is 16.3. The molecule has 3 rings (SSSR count). The molecule has 2 aromatic rings. The second-order valence-corrected chi connectivity index (χ2v) is 8.58. The number of nitrogens with one attached hydrogen (secondary N) is 3. The topological polar surface area (TPSA) is 101 Å². The molecule has 9 heteroatoms. The molecule has 0 unspecified atom stereocenters. The summed E-state index contributed by atoms with van der Waals surface area (Å²) < 4.78 is 16.8. The van der Waals surface area contributed by atoms with Crippen molar-refractivity contribution in [2.24, 2.45) is 5.92 Å². The highest BCUT2D eigenvalue weighted by atomic mass is 16.5. The number of likely N-dealkylation sites (N-methyl/N-ethyl adjacent to an activating group) is 1. The van der Waals surface area contributed by atoms with E-state index in [0.29, 0.717) is 41.6 Å². The molecule has 3 atom stereocenters. The highest BCUT2D eigenvalue weighted by Gasteiger charge is 2.25. The fourth-order valence-corrected chi connectivity index (χ4v) is 3.71. The van der Waals surface area contributed by atoms with Gasteiger partial charge in [-0.2, -0.15) is 0 Å². The molecule has 184 valence electrons. The minimum Gasteiger partial charge on any atom is -0.497 e. The number of anilines is 2. The van der Waals surface area contributed by atoms with Crippen LogP contribution in [0.25, 0.3) is 0 Å². The molecule has 0 saturated heterocycles. The third kappa shape index (κ3) is 6.61. The summed E-state index contributed by atoms with van der Waals surface area (Å²) >= 11 is 0. The van der Waals surface area contributed by atoms with E-state index >= 15 is 0 Å². The van der Waals surface area contributed by atoms with Crippen molar-refractivity contribution < 1.29 is 23.8 Å². The Bertz CT molecular complexity index is 982. The predicted octanol–water partition coefficient (Wildman–Crippen LogP) is 3.43. The Morgan fingerprint density at radius 2 is 1.76 bits per heavy atom. The second-order valence-electron chi connectivity index (χ2n) is 8.58. The number of ether oxygens (including phenoxy) is 3. The molecule has 0 saturated carbocycles. The minimum absolute atomic E-state index is 0.0909. The molecule has 1 aliphatic rings. The van der Waals surface area contributed by atoms with Crippen molar-refractivity contribution in [3.63, 3.8) is 0 Å². The van der Waals surface area contributed by atoms with E-state index < -0.39 is 6.03 Å². The zero-order chi connectivity index (χ0) is 24.7. The quantitative estimate of drug-likeness (QED) is 0.633. The summed E-state index contributed by atoms with van der Waals surface area (Å²) in [5.74, 6) is 1.17. The minimum atomic E-state index is -0.425. The Balaban J connectivity index is 1.79. The van der Waals surface area contributed by atoms with Crippen LogP contribution in [0.3, 0.4) is 0 Å². The standard InChI is InChI=1S/C25H34N4O5/c1-16-13-26-17(2)15-34-22-11-8-19(12-21(22)24(30)29(3)14-23(16)33-5)28-25(31)27-18-6-9-20(32-4)10-7-18/h6-12,16-17,23,26H,13-15H2,1-5H3,(H2,27,28,31)/t16-,17-,23+/m0/s1. The molecular formula is C25H34N4O5. The lowest BCUT2D eigenvalue weighted by Gasteiger charge is -2.30. The van der Waals surface area contributed by atoms with Crippen molar-refractivity contribution in [2.45, 2.75) is 26.0 Å². The Morgan fingerprint density at radius 1 is 1.09 bits per heavy atom. The summed E-state index contributed by atoms with van der Waals surface area (Å²) in [5, 5.41) is 9.00. The van der Waals surface area contributed by atoms with E-state index in [1.807, 2.05) is 6.92 Å². The number of benzene rings is 2. The van der Waals surface area contributed by atoms with Crippen molar-refractivity contribution in [3.8, 4) is 11.5 Å². The molecular weight excluding hydrogens is 436 g/mol. The van der Waals surface area contributed by atoms with Crippen LogP contribution in [0, 0.1) is 5.92 Å². The van der Waals surface area contributed by atoms with Gasteiger partial charge in [-0.25, -0.2) is 4.79 Å². The van der Waals surface area contributed by atoms with Crippen LogP contribution >= 0.6 is 0 Å². The van der Waals surface area contributed by atoms with E-state index in [9.17, 15) is 9.59 Å². The highest BCUT2D eigenvalue weighted by Crippen LogP contribution is 2.26. The van der Waals surface area contributed by atoms with Crippen LogP contribution in [0.5, 0.6) is 11.5 Å². The number of hydrogen-bond acceptors (Lipinski definition) is 6. The zero-order valence-corrected chi connectivity index (χ0v) is 20.4. The molecule has 0 spiro atoms. The van der Waals surface area contributed by atoms with Gasteiger partial charge in [0.2, 0.25) is 0 Å². The molecule has 0 radical (unpaired) electrons. The summed E-state index contributed by atoms with van der Waals surface area (Å²) in [7, 11) is 4.98. The number of carbonyl (C=O) groups is 2. The monoisotopic (exact) mass is 470 g/mol.